The normalized spacial score (nSPS) is 11.6. The summed E-state index contributed by atoms with van der Waals surface area (Å²) in [4.78, 5) is 10.9. The molecule has 0 spiro atoms. The van der Waals surface area contributed by atoms with Crippen LogP contribution in [-0.4, -0.2) is 11.1 Å². The van der Waals surface area contributed by atoms with Gasteiger partial charge in [0.25, 0.3) is 0 Å². The SMILES string of the molecule is CC(C)(Cc1cc(F)cc(Br)c1F)C(=O)O. The summed E-state index contributed by atoms with van der Waals surface area (Å²) in [7, 11) is 0. The number of aliphatic carboxylic acids is 1. The Morgan fingerprint density at radius 1 is 1.44 bits per heavy atom. The summed E-state index contributed by atoms with van der Waals surface area (Å²) in [6.45, 7) is 2.93. The molecule has 0 aliphatic heterocycles. The Hall–Kier alpha value is -0.970. The zero-order chi connectivity index (χ0) is 12.5. The first-order valence-corrected chi connectivity index (χ1v) is 5.40. The average Bonchev–Trinajstić information content (AvgIpc) is 2.12. The molecule has 0 bridgehead atoms. The Balaban J connectivity index is 3.11. The van der Waals surface area contributed by atoms with Crippen molar-refractivity contribution in [1.82, 2.24) is 0 Å². The Labute approximate surface area is 100 Å². The van der Waals surface area contributed by atoms with Crippen LogP contribution in [0.4, 0.5) is 8.78 Å². The fraction of sp³-hybridized carbons (Fsp3) is 0.364. The minimum Gasteiger partial charge on any atom is -0.481 e. The van der Waals surface area contributed by atoms with Gasteiger partial charge in [-0.2, -0.15) is 0 Å². The quantitative estimate of drug-likeness (QED) is 0.867. The predicted octanol–water partition coefficient (Wildman–Crippen LogP) is 3.38. The highest BCUT2D eigenvalue weighted by atomic mass is 79.9. The van der Waals surface area contributed by atoms with Gasteiger partial charge < -0.3 is 5.11 Å². The lowest BCUT2D eigenvalue weighted by molar-refractivity contribution is -0.146. The van der Waals surface area contributed by atoms with E-state index in [2.05, 4.69) is 15.9 Å². The van der Waals surface area contributed by atoms with Crippen molar-refractivity contribution in [2.24, 2.45) is 5.41 Å². The molecule has 0 aromatic heterocycles. The number of carboxylic acid groups (broad SMARTS) is 1. The minimum atomic E-state index is -1.13. The second-order valence-electron chi connectivity index (χ2n) is 4.23. The van der Waals surface area contributed by atoms with Crippen LogP contribution in [0.3, 0.4) is 0 Å². The highest BCUT2D eigenvalue weighted by Crippen LogP contribution is 2.27. The lowest BCUT2D eigenvalue weighted by Crippen LogP contribution is -2.26. The number of carbonyl (C=O) groups is 1. The summed E-state index contributed by atoms with van der Waals surface area (Å²) in [6, 6.07) is 2.03. The van der Waals surface area contributed by atoms with Gasteiger partial charge in [-0.15, -0.1) is 0 Å². The number of benzene rings is 1. The predicted molar refractivity (Wildman–Crippen MR) is 59.2 cm³/mol. The average molecular weight is 293 g/mol. The van der Waals surface area contributed by atoms with Gasteiger partial charge in [0, 0.05) is 0 Å². The molecule has 0 saturated heterocycles. The molecule has 0 saturated carbocycles. The zero-order valence-corrected chi connectivity index (χ0v) is 10.4. The molecule has 0 amide bonds. The van der Waals surface area contributed by atoms with Crippen molar-refractivity contribution in [2.75, 3.05) is 0 Å². The van der Waals surface area contributed by atoms with Gasteiger partial charge in [-0.3, -0.25) is 4.79 Å². The molecule has 1 aromatic rings. The summed E-state index contributed by atoms with van der Waals surface area (Å²) in [5, 5.41) is 8.90. The van der Waals surface area contributed by atoms with Crippen LogP contribution in [0.25, 0.3) is 0 Å². The number of hydrogen-bond donors (Lipinski definition) is 1. The van der Waals surface area contributed by atoms with E-state index in [0.29, 0.717) is 0 Å². The molecular formula is C11H11BrF2O2. The van der Waals surface area contributed by atoms with Crippen LogP contribution in [-0.2, 0) is 11.2 Å². The van der Waals surface area contributed by atoms with Gasteiger partial charge in [-0.1, -0.05) is 0 Å². The van der Waals surface area contributed by atoms with Crippen LogP contribution in [0.5, 0.6) is 0 Å². The molecule has 0 aliphatic carbocycles. The van der Waals surface area contributed by atoms with Crippen LogP contribution in [0, 0.1) is 17.0 Å². The molecule has 0 unspecified atom stereocenters. The van der Waals surface area contributed by atoms with Crippen LogP contribution in [0.2, 0.25) is 0 Å². The molecule has 0 heterocycles. The van der Waals surface area contributed by atoms with E-state index < -0.39 is 23.0 Å². The Kier molecular flexibility index (Phi) is 3.68. The number of hydrogen-bond acceptors (Lipinski definition) is 1. The largest absolute Gasteiger partial charge is 0.481 e. The standard InChI is InChI=1S/C11H11BrF2O2/c1-11(2,10(15)16)5-6-3-7(13)4-8(12)9(6)14/h3-4H,5H2,1-2H3,(H,15,16). The minimum absolute atomic E-state index is 0.00342. The molecule has 5 heteroatoms. The molecule has 1 aromatic carbocycles. The first-order chi connectivity index (χ1) is 7.24. The zero-order valence-electron chi connectivity index (χ0n) is 8.85. The maximum absolute atomic E-state index is 13.6. The second-order valence-corrected chi connectivity index (χ2v) is 5.08. The van der Waals surface area contributed by atoms with E-state index >= 15 is 0 Å². The molecule has 1 N–H and O–H groups in total. The van der Waals surface area contributed by atoms with Gasteiger partial charge in [0.05, 0.1) is 9.89 Å². The first-order valence-electron chi connectivity index (χ1n) is 4.61. The molecule has 0 aliphatic rings. The molecule has 88 valence electrons. The highest BCUT2D eigenvalue weighted by molar-refractivity contribution is 9.10. The Morgan fingerprint density at radius 3 is 2.50 bits per heavy atom. The number of rotatable bonds is 3. The van der Waals surface area contributed by atoms with Crippen LogP contribution < -0.4 is 0 Å². The monoisotopic (exact) mass is 292 g/mol. The number of carboxylic acids is 1. The van der Waals surface area contributed by atoms with Gasteiger partial charge in [0.15, 0.2) is 0 Å². The van der Waals surface area contributed by atoms with Gasteiger partial charge in [0.2, 0.25) is 0 Å². The van der Waals surface area contributed by atoms with E-state index in [1.165, 1.54) is 13.8 Å². The summed E-state index contributed by atoms with van der Waals surface area (Å²) in [6.07, 6.45) is -0.0650. The fourth-order valence-electron chi connectivity index (χ4n) is 1.29. The first kappa shape index (κ1) is 13.1. The number of halogens is 3. The molecular weight excluding hydrogens is 282 g/mol. The van der Waals surface area contributed by atoms with Crippen molar-refractivity contribution < 1.29 is 18.7 Å². The Bertz CT molecular complexity index is 430. The third-order valence-electron chi connectivity index (χ3n) is 2.28. The van der Waals surface area contributed by atoms with Crippen molar-refractivity contribution >= 4 is 21.9 Å². The fourth-order valence-corrected chi connectivity index (χ4v) is 1.76. The van der Waals surface area contributed by atoms with E-state index in [9.17, 15) is 13.6 Å². The van der Waals surface area contributed by atoms with Gasteiger partial charge in [0.1, 0.15) is 11.6 Å². The highest BCUT2D eigenvalue weighted by Gasteiger charge is 2.29. The maximum atomic E-state index is 13.6. The third-order valence-corrected chi connectivity index (χ3v) is 2.86. The second kappa shape index (κ2) is 4.49. The van der Waals surface area contributed by atoms with Crippen molar-refractivity contribution in [3.63, 3.8) is 0 Å². The summed E-state index contributed by atoms with van der Waals surface area (Å²) in [5.74, 6) is -2.26. The molecule has 2 nitrogen and oxygen atoms in total. The van der Waals surface area contributed by atoms with Gasteiger partial charge >= 0.3 is 5.97 Å². The van der Waals surface area contributed by atoms with Crippen LogP contribution in [0.15, 0.2) is 16.6 Å². The molecule has 16 heavy (non-hydrogen) atoms. The van der Waals surface area contributed by atoms with Gasteiger partial charge in [-0.25, -0.2) is 8.78 Å². The molecule has 0 fully saturated rings. The van der Waals surface area contributed by atoms with E-state index in [0.717, 1.165) is 12.1 Å². The summed E-state index contributed by atoms with van der Waals surface area (Å²) < 4.78 is 26.6. The molecule has 0 atom stereocenters. The Morgan fingerprint density at radius 2 is 2.00 bits per heavy atom. The maximum Gasteiger partial charge on any atom is 0.309 e. The molecule has 0 radical (unpaired) electrons. The topological polar surface area (TPSA) is 37.3 Å². The van der Waals surface area contributed by atoms with E-state index in [4.69, 9.17) is 5.11 Å². The summed E-state index contributed by atoms with van der Waals surface area (Å²) in [5.41, 5.74) is -1.08. The van der Waals surface area contributed by atoms with Crippen molar-refractivity contribution in [2.45, 2.75) is 20.3 Å². The van der Waals surface area contributed by atoms with E-state index in [-0.39, 0.29) is 16.5 Å². The van der Waals surface area contributed by atoms with Gasteiger partial charge in [-0.05, 0) is 53.9 Å². The summed E-state index contributed by atoms with van der Waals surface area (Å²) >= 11 is 2.88. The third kappa shape index (κ3) is 2.78. The smallest absolute Gasteiger partial charge is 0.309 e. The van der Waals surface area contributed by atoms with E-state index in [1.54, 1.807) is 0 Å². The lowest BCUT2D eigenvalue weighted by atomic mass is 9.86. The van der Waals surface area contributed by atoms with E-state index in [1.807, 2.05) is 0 Å². The van der Waals surface area contributed by atoms with Crippen molar-refractivity contribution in [3.8, 4) is 0 Å². The van der Waals surface area contributed by atoms with Crippen LogP contribution in [0.1, 0.15) is 19.4 Å². The molecule has 1 rings (SSSR count). The van der Waals surface area contributed by atoms with Crippen LogP contribution >= 0.6 is 15.9 Å². The lowest BCUT2D eigenvalue weighted by Gasteiger charge is -2.19. The van der Waals surface area contributed by atoms with Crippen molar-refractivity contribution in [1.29, 1.82) is 0 Å². The van der Waals surface area contributed by atoms with Crippen molar-refractivity contribution in [3.05, 3.63) is 33.8 Å².